The molecule has 0 aliphatic carbocycles. The molecule has 1 amide bonds. The summed E-state index contributed by atoms with van der Waals surface area (Å²) in [5.74, 6) is 0.563. The molecule has 186 valence electrons. The number of hydrogen-bond donors (Lipinski definition) is 2. The second-order valence-electron chi connectivity index (χ2n) is 7.58. The summed E-state index contributed by atoms with van der Waals surface area (Å²) in [6.07, 6.45) is 0. The number of carbonyl (C=O) groups excluding carboxylic acids is 2. The molecule has 2 aromatic rings. The summed E-state index contributed by atoms with van der Waals surface area (Å²) >= 11 is 7.37. The number of methoxy groups -OCH3 is 2. The number of allylic oxidation sites excluding steroid dienone is 1. The van der Waals surface area contributed by atoms with Gasteiger partial charge in [-0.05, 0) is 50.6 Å². The van der Waals surface area contributed by atoms with Crippen LogP contribution in [0.4, 0.5) is 5.69 Å². The van der Waals surface area contributed by atoms with Gasteiger partial charge in [-0.15, -0.1) is 0 Å². The number of aliphatic imine (C=N–C) groups is 1. The molecule has 3 rings (SSSR count). The lowest BCUT2D eigenvalue weighted by atomic mass is 9.95. The molecule has 0 saturated carbocycles. The molecule has 2 N–H and O–H groups in total. The van der Waals surface area contributed by atoms with Gasteiger partial charge in [0.1, 0.15) is 17.5 Å². The molecule has 1 atom stereocenters. The highest BCUT2D eigenvalue weighted by Crippen LogP contribution is 2.39. The highest BCUT2D eigenvalue weighted by molar-refractivity contribution is 8.14. The van der Waals surface area contributed by atoms with Gasteiger partial charge in [0.15, 0.2) is 5.17 Å². The Kier molecular flexibility index (Phi) is 9.06. The summed E-state index contributed by atoms with van der Waals surface area (Å²) in [6.45, 7) is 5.60. The Bertz CT molecular complexity index is 1180. The minimum atomic E-state index is -0.683. The Morgan fingerprint density at radius 2 is 1.94 bits per heavy atom. The zero-order valence-electron chi connectivity index (χ0n) is 20.2. The third-order valence-electron chi connectivity index (χ3n) is 5.33. The van der Waals surface area contributed by atoms with Crippen molar-refractivity contribution < 1.29 is 23.8 Å². The molecule has 1 heterocycles. The molecule has 35 heavy (non-hydrogen) atoms. The molecule has 0 unspecified atom stereocenters. The van der Waals surface area contributed by atoms with E-state index in [9.17, 15) is 9.59 Å². The van der Waals surface area contributed by atoms with Crippen molar-refractivity contribution in [2.45, 2.75) is 26.8 Å². The minimum absolute atomic E-state index is 0.103. The topological polar surface area (TPSA) is 98.2 Å². The average Bonchev–Trinajstić information content (AvgIpc) is 2.84. The first-order valence-corrected chi connectivity index (χ1v) is 12.3. The molecule has 2 aromatic carbocycles. The Balaban J connectivity index is 1.86. The van der Waals surface area contributed by atoms with Crippen molar-refractivity contribution in [1.29, 1.82) is 0 Å². The van der Waals surface area contributed by atoms with Crippen molar-refractivity contribution in [3.8, 4) is 11.5 Å². The third kappa shape index (κ3) is 6.29. The fraction of sp³-hybridized carbons (Fsp3) is 0.320. The number of rotatable bonds is 8. The molecular weight excluding hydrogens is 490 g/mol. The summed E-state index contributed by atoms with van der Waals surface area (Å²) in [7, 11) is 3.11. The number of amides is 1. The number of esters is 1. The number of carbonyl (C=O) groups is 2. The molecule has 0 radical (unpaired) electrons. The zero-order valence-corrected chi connectivity index (χ0v) is 21.8. The maximum atomic E-state index is 12.8. The van der Waals surface area contributed by atoms with Gasteiger partial charge in [-0.1, -0.05) is 29.4 Å². The number of thioether (sulfide) groups is 1. The number of anilines is 1. The second-order valence-corrected chi connectivity index (χ2v) is 8.95. The van der Waals surface area contributed by atoms with Crippen LogP contribution in [0.3, 0.4) is 0 Å². The van der Waals surface area contributed by atoms with Crippen LogP contribution in [0.5, 0.6) is 11.5 Å². The first-order chi connectivity index (χ1) is 16.8. The number of ether oxygens (including phenoxy) is 3. The van der Waals surface area contributed by atoms with Gasteiger partial charge in [-0.2, -0.15) is 0 Å². The van der Waals surface area contributed by atoms with E-state index >= 15 is 0 Å². The van der Waals surface area contributed by atoms with E-state index in [2.05, 4.69) is 10.6 Å². The standard InChI is InChI=1S/C25H28ClN3O5S/c1-6-34-24(31)22-15(3)27-25(29-23(22)17-11-10-16(32-4)12-20(17)33-5)35-13-21(30)28-19-9-7-8-18(26)14(19)2/h7-12,23H,6,13H2,1-5H3,(H,27,29)(H,28,30)/t23-/m1/s1. The summed E-state index contributed by atoms with van der Waals surface area (Å²) in [5, 5.41) is 7.08. The van der Waals surface area contributed by atoms with Crippen LogP contribution in [-0.2, 0) is 14.3 Å². The van der Waals surface area contributed by atoms with E-state index in [1.165, 1.54) is 11.8 Å². The molecule has 1 aliphatic heterocycles. The van der Waals surface area contributed by atoms with E-state index < -0.39 is 12.0 Å². The molecule has 0 aromatic heterocycles. The molecule has 8 nitrogen and oxygen atoms in total. The second kappa shape index (κ2) is 12.0. The van der Waals surface area contributed by atoms with Crippen molar-refractivity contribution in [3.63, 3.8) is 0 Å². The highest BCUT2D eigenvalue weighted by atomic mass is 35.5. The van der Waals surface area contributed by atoms with Crippen LogP contribution in [0.2, 0.25) is 5.02 Å². The van der Waals surface area contributed by atoms with Crippen LogP contribution in [0.25, 0.3) is 0 Å². The van der Waals surface area contributed by atoms with Crippen molar-refractivity contribution in [2.24, 2.45) is 4.99 Å². The van der Waals surface area contributed by atoms with Crippen molar-refractivity contribution in [2.75, 3.05) is 31.9 Å². The lowest BCUT2D eigenvalue weighted by Gasteiger charge is -2.26. The van der Waals surface area contributed by atoms with Crippen LogP contribution in [0.15, 0.2) is 52.7 Å². The van der Waals surface area contributed by atoms with Crippen molar-refractivity contribution >= 4 is 46.1 Å². The van der Waals surface area contributed by atoms with Gasteiger partial charge in [0.2, 0.25) is 5.91 Å². The number of halogens is 1. The van der Waals surface area contributed by atoms with E-state index in [0.29, 0.717) is 44.2 Å². The van der Waals surface area contributed by atoms with E-state index in [4.69, 9.17) is 30.8 Å². The fourth-order valence-electron chi connectivity index (χ4n) is 3.53. The smallest absolute Gasteiger partial charge is 0.338 e. The molecule has 10 heteroatoms. The molecule has 0 bridgehead atoms. The quantitative estimate of drug-likeness (QED) is 0.482. The van der Waals surface area contributed by atoms with E-state index in [-0.39, 0.29) is 18.3 Å². The Morgan fingerprint density at radius 3 is 2.63 bits per heavy atom. The van der Waals surface area contributed by atoms with Crippen LogP contribution in [0.1, 0.15) is 31.0 Å². The van der Waals surface area contributed by atoms with Gasteiger partial charge in [-0.3, -0.25) is 4.79 Å². The van der Waals surface area contributed by atoms with E-state index in [1.54, 1.807) is 64.5 Å². The van der Waals surface area contributed by atoms with E-state index in [0.717, 1.165) is 5.56 Å². The van der Waals surface area contributed by atoms with Crippen LogP contribution < -0.4 is 20.1 Å². The van der Waals surface area contributed by atoms with Crippen LogP contribution in [0, 0.1) is 6.92 Å². The fourth-order valence-corrected chi connectivity index (χ4v) is 4.45. The lowest BCUT2D eigenvalue weighted by molar-refractivity contribution is -0.139. The summed E-state index contributed by atoms with van der Waals surface area (Å²) in [5.41, 5.74) is 3.09. The van der Waals surface area contributed by atoms with Crippen molar-refractivity contribution in [3.05, 3.63) is 63.8 Å². The molecule has 0 spiro atoms. The monoisotopic (exact) mass is 517 g/mol. The summed E-state index contributed by atoms with van der Waals surface area (Å²) in [6, 6.07) is 9.98. The Morgan fingerprint density at radius 1 is 1.17 bits per heavy atom. The predicted octanol–water partition coefficient (Wildman–Crippen LogP) is 4.87. The maximum Gasteiger partial charge on any atom is 0.338 e. The van der Waals surface area contributed by atoms with Crippen LogP contribution >= 0.6 is 23.4 Å². The first kappa shape index (κ1) is 26.4. The van der Waals surface area contributed by atoms with Gasteiger partial charge >= 0.3 is 5.97 Å². The van der Waals surface area contributed by atoms with Gasteiger partial charge in [0.25, 0.3) is 0 Å². The van der Waals surface area contributed by atoms with Gasteiger partial charge in [0, 0.05) is 28.0 Å². The van der Waals surface area contributed by atoms with Crippen molar-refractivity contribution in [1.82, 2.24) is 5.32 Å². The number of nitrogens with zero attached hydrogens (tertiary/aromatic N) is 1. The molecule has 0 fully saturated rings. The number of amidine groups is 1. The minimum Gasteiger partial charge on any atom is -0.497 e. The first-order valence-electron chi connectivity index (χ1n) is 10.9. The van der Waals surface area contributed by atoms with Crippen LogP contribution in [-0.4, -0.2) is 43.6 Å². The van der Waals surface area contributed by atoms with Gasteiger partial charge in [-0.25, -0.2) is 9.79 Å². The van der Waals surface area contributed by atoms with Gasteiger partial charge in [0.05, 0.1) is 32.2 Å². The molecule has 1 aliphatic rings. The SMILES string of the molecule is CCOC(=O)C1=C(C)NC(SCC(=O)Nc2cccc(Cl)c2C)=N[C@@H]1c1ccc(OC)cc1OC. The summed E-state index contributed by atoms with van der Waals surface area (Å²) < 4.78 is 16.1. The lowest BCUT2D eigenvalue weighted by Crippen LogP contribution is -2.31. The number of benzene rings is 2. The third-order valence-corrected chi connectivity index (χ3v) is 6.63. The molecule has 0 saturated heterocycles. The maximum absolute atomic E-state index is 12.8. The predicted molar refractivity (Wildman–Crippen MR) is 139 cm³/mol. The Hall–Kier alpha value is -3.17. The number of hydrogen-bond acceptors (Lipinski definition) is 8. The Labute approximate surface area is 214 Å². The molecular formula is C25H28ClN3O5S. The zero-order chi connectivity index (χ0) is 25.5. The highest BCUT2D eigenvalue weighted by Gasteiger charge is 2.32. The average molecular weight is 518 g/mol. The summed E-state index contributed by atoms with van der Waals surface area (Å²) in [4.78, 5) is 30.2. The normalized spacial score (nSPS) is 15.1. The van der Waals surface area contributed by atoms with Gasteiger partial charge < -0.3 is 24.8 Å². The van der Waals surface area contributed by atoms with E-state index in [1.807, 2.05) is 6.92 Å². The largest absolute Gasteiger partial charge is 0.497 e. The number of nitrogens with one attached hydrogen (secondary N) is 2.